The van der Waals surface area contributed by atoms with Crippen LogP contribution in [0.25, 0.3) is 5.76 Å². The smallest absolute Gasteiger partial charge is 0.255 e. The molecule has 12 heteroatoms. The fourth-order valence-corrected chi connectivity index (χ4v) is 5.98. The summed E-state index contributed by atoms with van der Waals surface area (Å²) in [6.45, 7) is 2.44. The predicted molar refractivity (Wildman–Crippen MR) is 133 cm³/mol. The number of likely N-dealkylation sites (N-methyl/N-ethyl adjacent to an activating group) is 1. The highest BCUT2D eigenvalue weighted by Crippen LogP contribution is 2.54. The van der Waals surface area contributed by atoms with Crippen molar-refractivity contribution in [3.05, 3.63) is 34.1 Å². The number of nitrogens with two attached hydrogens (primary N) is 1. The number of hydrogen-bond donors (Lipinski definition) is 6. The zero-order valence-corrected chi connectivity index (χ0v) is 20.9. The van der Waals surface area contributed by atoms with Crippen molar-refractivity contribution in [2.75, 3.05) is 37.9 Å². The van der Waals surface area contributed by atoms with Crippen molar-refractivity contribution in [2.24, 2.45) is 17.6 Å². The first-order chi connectivity index (χ1) is 17.3. The summed E-state index contributed by atoms with van der Waals surface area (Å²) in [4.78, 5) is 53.5. The zero-order valence-electron chi connectivity index (χ0n) is 20.9. The Morgan fingerprint density at radius 2 is 1.89 bits per heavy atom. The third kappa shape index (κ3) is 3.50. The van der Waals surface area contributed by atoms with Gasteiger partial charge in [0.2, 0.25) is 12.2 Å². The molecule has 1 fully saturated rings. The third-order valence-electron chi connectivity index (χ3n) is 7.80. The average Bonchev–Trinajstić information content (AvgIpc) is 2.82. The molecule has 0 saturated heterocycles. The molecule has 37 heavy (non-hydrogen) atoms. The van der Waals surface area contributed by atoms with Gasteiger partial charge in [0.05, 0.1) is 17.3 Å². The number of ketones is 2. The second-order valence-electron chi connectivity index (χ2n) is 9.88. The first-order valence-corrected chi connectivity index (χ1v) is 11.8. The molecule has 0 radical (unpaired) electrons. The Morgan fingerprint density at radius 1 is 1.24 bits per heavy atom. The maximum absolute atomic E-state index is 13.9. The Kier molecular flexibility index (Phi) is 6.29. The number of phenolic OH excluding ortho intramolecular Hbond substituents is 1. The van der Waals surface area contributed by atoms with Gasteiger partial charge in [0.1, 0.15) is 22.8 Å². The molecule has 0 aromatic heterocycles. The molecule has 0 heterocycles. The quantitative estimate of drug-likeness (QED) is 0.171. The van der Waals surface area contributed by atoms with Crippen molar-refractivity contribution < 1.29 is 39.6 Å². The second kappa shape index (κ2) is 8.89. The molecule has 0 spiro atoms. The van der Waals surface area contributed by atoms with E-state index in [-0.39, 0.29) is 29.7 Å². The van der Waals surface area contributed by atoms with Gasteiger partial charge >= 0.3 is 0 Å². The maximum atomic E-state index is 13.9. The summed E-state index contributed by atoms with van der Waals surface area (Å²) in [6, 6.07) is 0.411. The molecular formula is C25H30N4O8. The zero-order chi connectivity index (χ0) is 27.6. The number of rotatable bonds is 6. The number of nitrogens with zero attached hydrogens (tertiary/aromatic N) is 2. The highest BCUT2D eigenvalue weighted by molar-refractivity contribution is 6.24. The highest BCUT2D eigenvalue weighted by Gasteiger charge is 2.64. The number of anilines is 2. The first kappa shape index (κ1) is 26.2. The van der Waals surface area contributed by atoms with Gasteiger partial charge in [0.25, 0.3) is 5.91 Å². The van der Waals surface area contributed by atoms with Crippen LogP contribution < -0.4 is 16.0 Å². The van der Waals surface area contributed by atoms with Crippen LogP contribution in [0, 0.1) is 11.8 Å². The Morgan fingerprint density at radius 3 is 2.43 bits per heavy atom. The molecule has 0 bridgehead atoms. The van der Waals surface area contributed by atoms with Crippen LogP contribution in [0.5, 0.6) is 5.75 Å². The maximum Gasteiger partial charge on any atom is 0.255 e. The van der Waals surface area contributed by atoms with E-state index in [0.29, 0.717) is 24.2 Å². The standard InChI is InChI=1S/C25H30N4O8/c1-5-29(4)14-8-13(27-9-30)19(31)16-11(14)6-10-7-12-18(28(2)3)21(33)17(24(26)36)23(35)25(12,37)22(34)15(10)20(16)32/h8-10,12,18,31-32,35,37H,5-7H2,1-4H3,(H2,26,36)(H,27,30)/t10?,12?,18-,25-/m0/s1. The van der Waals surface area contributed by atoms with Crippen LogP contribution in [0.4, 0.5) is 11.4 Å². The highest BCUT2D eigenvalue weighted by atomic mass is 16.3. The number of aliphatic hydroxyl groups excluding tert-OH is 2. The molecule has 198 valence electrons. The molecule has 12 nitrogen and oxygen atoms in total. The summed E-state index contributed by atoms with van der Waals surface area (Å²) in [7, 11) is 4.87. The lowest BCUT2D eigenvalue weighted by atomic mass is 9.57. The summed E-state index contributed by atoms with van der Waals surface area (Å²) < 4.78 is 0. The number of aliphatic hydroxyl groups is 3. The van der Waals surface area contributed by atoms with Crippen LogP contribution in [-0.4, -0.2) is 88.5 Å². The average molecular weight is 515 g/mol. The van der Waals surface area contributed by atoms with E-state index in [2.05, 4.69) is 5.32 Å². The molecule has 1 saturated carbocycles. The fraction of sp³-hybridized carbons (Fsp3) is 0.440. The van der Waals surface area contributed by atoms with Gasteiger partial charge in [-0.05, 0) is 51.4 Å². The molecule has 0 aliphatic heterocycles. The van der Waals surface area contributed by atoms with Crippen molar-refractivity contribution >= 4 is 41.0 Å². The summed E-state index contributed by atoms with van der Waals surface area (Å²) in [5, 5.41) is 47.2. The summed E-state index contributed by atoms with van der Waals surface area (Å²) in [5.41, 5.74) is 2.54. The summed E-state index contributed by atoms with van der Waals surface area (Å²) in [5.74, 6) is -7.25. The lowest BCUT2D eigenvalue weighted by Crippen LogP contribution is -2.65. The van der Waals surface area contributed by atoms with Crippen molar-refractivity contribution in [2.45, 2.75) is 31.4 Å². The van der Waals surface area contributed by atoms with E-state index in [9.17, 15) is 39.6 Å². The topological polar surface area (TPSA) is 194 Å². The lowest BCUT2D eigenvalue weighted by Gasteiger charge is -2.50. The van der Waals surface area contributed by atoms with Gasteiger partial charge in [0, 0.05) is 30.8 Å². The van der Waals surface area contributed by atoms with Gasteiger partial charge in [0.15, 0.2) is 11.4 Å². The Bertz CT molecular complexity index is 1300. The van der Waals surface area contributed by atoms with Crippen molar-refractivity contribution in [3.63, 3.8) is 0 Å². The number of aromatic hydroxyl groups is 1. The molecule has 1 aromatic rings. The summed E-state index contributed by atoms with van der Waals surface area (Å²) in [6.07, 6.45) is 0.514. The van der Waals surface area contributed by atoms with E-state index >= 15 is 0 Å². The van der Waals surface area contributed by atoms with E-state index in [1.165, 1.54) is 4.90 Å². The van der Waals surface area contributed by atoms with Crippen LogP contribution in [-0.2, 0) is 25.6 Å². The minimum atomic E-state index is -2.71. The molecular weight excluding hydrogens is 484 g/mol. The van der Waals surface area contributed by atoms with Crippen molar-refractivity contribution in [3.8, 4) is 5.75 Å². The number of Topliss-reactive ketones (excluding diaryl/α,β-unsaturated/α-hetero) is 2. The summed E-state index contributed by atoms with van der Waals surface area (Å²) >= 11 is 0. The lowest BCUT2D eigenvalue weighted by molar-refractivity contribution is -0.153. The van der Waals surface area contributed by atoms with Crippen LogP contribution in [0.15, 0.2) is 23.0 Å². The molecule has 3 aliphatic rings. The molecule has 2 unspecified atom stereocenters. The minimum Gasteiger partial charge on any atom is -0.508 e. The normalized spacial score (nSPS) is 27.0. The number of benzene rings is 1. The van der Waals surface area contributed by atoms with E-state index in [1.54, 1.807) is 27.2 Å². The Hall–Kier alpha value is -3.90. The number of phenols is 1. The first-order valence-electron chi connectivity index (χ1n) is 11.8. The van der Waals surface area contributed by atoms with Gasteiger partial charge < -0.3 is 36.4 Å². The third-order valence-corrected chi connectivity index (χ3v) is 7.80. The van der Waals surface area contributed by atoms with E-state index < -0.39 is 63.8 Å². The second-order valence-corrected chi connectivity index (χ2v) is 9.88. The van der Waals surface area contributed by atoms with Crippen LogP contribution in [0.2, 0.25) is 0 Å². The number of hydrogen-bond acceptors (Lipinski definition) is 10. The number of carbonyl (C=O) groups excluding carboxylic acids is 4. The Balaban J connectivity index is 2.01. The number of amides is 2. The molecule has 2 amide bonds. The number of carbonyl (C=O) groups is 4. The van der Waals surface area contributed by atoms with Gasteiger partial charge in [-0.1, -0.05) is 0 Å². The minimum absolute atomic E-state index is 0.00383. The number of primary amides is 1. The number of nitrogens with one attached hydrogen (secondary N) is 1. The van der Waals surface area contributed by atoms with Gasteiger partial charge in [-0.2, -0.15) is 0 Å². The van der Waals surface area contributed by atoms with Crippen LogP contribution >= 0.6 is 0 Å². The molecule has 7 N–H and O–H groups in total. The predicted octanol–water partition coefficient (Wildman–Crippen LogP) is -0.0116. The molecule has 4 atom stereocenters. The van der Waals surface area contributed by atoms with E-state index in [1.807, 2.05) is 11.8 Å². The van der Waals surface area contributed by atoms with Gasteiger partial charge in [-0.25, -0.2) is 0 Å². The molecule has 3 aliphatic carbocycles. The number of fused-ring (bicyclic) bond motifs is 3. The Labute approximate surface area is 212 Å². The van der Waals surface area contributed by atoms with Crippen LogP contribution in [0.3, 0.4) is 0 Å². The van der Waals surface area contributed by atoms with Crippen molar-refractivity contribution in [1.29, 1.82) is 0 Å². The largest absolute Gasteiger partial charge is 0.508 e. The van der Waals surface area contributed by atoms with Gasteiger partial charge in [-0.15, -0.1) is 0 Å². The van der Waals surface area contributed by atoms with E-state index in [0.717, 1.165) is 0 Å². The monoisotopic (exact) mass is 514 g/mol. The fourth-order valence-electron chi connectivity index (χ4n) is 5.98. The van der Waals surface area contributed by atoms with Crippen LogP contribution in [0.1, 0.15) is 24.5 Å². The SMILES string of the molecule is CCN(C)c1cc(NC=O)c(O)c2c1CC1CC3[C@H](N(C)C)C(=O)C(C(N)=O)=C(O)[C@@]3(O)C(=O)C1=C2O. The van der Waals surface area contributed by atoms with Crippen molar-refractivity contribution in [1.82, 2.24) is 4.90 Å². The molecule has 1 aromatic carbocycles. The van der Waals surface area contributed by atoms with E-state index in [4.69, 9.17) is 5.73 Å². The molecule has 4 rings (SSSR count). The van der Waals surface area contributed by atoms with Gasteiger partial charge in [-0.3, -0.25) is 24.1 Å².